The molecule has 1 aliphatic heterocycles. The van der Waals surface area contributed by atoms with Crippen molar-refractivity contribution >= 4 is 21.6 Å². The number of thiophene rings is 1. The van der Waals surface area contributed by atoms with Crippen LogP contribution in [0.1, 0.15) is 36.6 Å². The quantitative estimate of drug-likeness (QED) is 0.449. The summed E-state index contributed by atoms with van der Waals surface area (Å²) in [5.41, 5.74) is 4.19. The standard InChI is InChI=1S/C23H22N4O3S/c1-14-11-16(30-22-21-19(8-10-31-21)24-13-25-22)6-7-17(14)18-12-26-27(23(28)15(18)2)20-5-3-4-9-29-20/h6-8,10-13,20H,3-5,9H2,1-2H3. The molecule has 1 atom stereocenters. The fraction of sp³-hybridized carbons (Fsp3) is 0.304. The van der Waals surface area contributed by atoms with E-state index in [1.54, 1.807) is 17.5 Å². The second kappa shape index (κ2) is 8.20. The number of hydrogen-bond acceptors (Lipinski definition) is 7. The van der Waals surface area contributed by atoms with Crippen molar-refractivity contribution in [1.82, 2.24) is 19.7 Å². The van der Waals surface area contributed by atoms with Crippen LogP contribution in [0.15, 0.2) is 47.0 Å². The monoisotopic (exact) mass is 434 g/mol. The summed E-state index contributed by atoms with van der Waals surface area (Å²) in [6.07, 6.45) is 5.89. The van der Waals surface area contributed by atoms with Crippen LogP contribution in [-0.4, -0.2) is 26.4 Å². The summed E-state index contributed by atoms with van der Waals surface area (Å²) in [4.78, 5) is 21.5. The van der Waals surface area contributed by atoms with Crippen LogP contribution in [0.3, 0.4) is 0 Å². The molecule has 31 heavy (non-hydrogen) atoms. The van der Waals surface area contributed by atoms with Crippen molar-refractivity contribution in [1.29, 1.82) is 0 Å². The summed E-state index contributed by atoms with van der Waals surface area (Å²) in [7, 11) is 0. The molecule has 0 spiro atoms. The molecule has 8 heteroatoms. The Labute approximate surface area is 183 Å². The molecule has 1 saturated heterocycles. The average Bonchev–Trinajstić information content (AvgIpc) is 3.27. The topological polar surface area (TPSA) is 79.1 Å². The van der Waals surface area contributed by atoms with E-state index in [0.29, 0.717) is 23.8 Å². The number of aromatic nitrogens is 4. The lowest BCUT2D eigenvalue weighted by Crippen LogP contribution is -2.32. The van der Waals surface area contributed by atoms with Gasteiger partial charge in [0.2, 0.25) is 5.88 Å². The maximum absolute atomic E-state index is 13.0. The van der Waals surface area contributed by atoms with Crippen LogP contribution >= 0.6 is 11.3 Å². The molecule has 7 nitrogen and oxygen atoms in total. The first-order chi connectivity index (χ1) is 15.1. The van der Waals surface area contributed by atoms with Gasteiger partial charge in [-0.05, 0) is 67.8 Å². The van der Waals surface area contributed by atoms with Gasteiger partial charge in [0.05, 0.1) is 11.7 Å². The summed E-state index contributed by atoms with van der Waals surface area (Å²) in [5, 5.41) is 6.40. The van der Waals surface area contributed by atoms with Gasteiger partial charge in [-0.2, -0.15) is 5.10 Å². The Kier molecular flexibility index (Phi) is 5.25. The molecule has 1 aliphatic rings. The van der Waals surface area contributed by atoms with Crippen LogP contribution in [0.4, 0.5) is 0 Å². The Balaban J connectivity index is 1.45. The summed E-state index contributed by atoms with van der Waals surface area (Å²) in [6.45, 7) is 4.51. The van der Waals surface area contributed by atoms with Crippen molar-refractivity contribution in [2.75, 3.05) is 6.61 Å². The van der Waals surface area contributed by atoms with Crippen molar-refractivity contribution < 1.29 is 9.47 Å². The molecule has 0 radical (unpaired) electrons. The molecular weight excluding hydrogens is 412 g/mol. The van der Waals surface area contributed by atoms with E-state index in [0.717, 1.165) is 46.2 Å². The van der Waals surface area contributed by atoms with Gasteiger partial charge in [0.1, 0.15) is 16.8 Å². The molecule has 5 rings (SSSR count). The maximum atomic E-state index is 13.0. The number of aryl methyl sites for hydroxylation is 1. The van der Waals surface area contributed by atoms with Crippen LogP contribution in [-0.2, 0) is 4.74 Å². The summed E-state index contributed by atoms with van der Waals surface area (Å²) in [6, 6.07) is 7.74. The van der Waals surface area contributed by atoms with Crippen molar-refractivity contribution in [3.63, 3.8) is 0 Å². The Morgan fingerprint density at radius 3 is 2.87 bits per heavy atom. The number of rotatable bonds is 4. The average molecular weight is 435 g/mol. The fourth-order valence-corrected chi connectivity index (χ4v) is 4.67. The van der Waals surface area contributed by atoms with E-state index in [4.69, 9.17) is 9.47 Å². The normalized spacial score (nSPS) is 16.5. The third-order valence-electron chi connectivity index (χ3n) is 5.59. The number of fused-ring (bicyclic) bond motifs is 1. The molecule has 3 aromatic heterocycles. The highest BCUT2D eigenvalue weighted by Crippen LogP contribution is 2.33. The van der Waals surface area contributed by atoms with Crippen molar-refractivity contribution in [2.45, 2.75) is 39.3 Å². The van der Waals surface area contributed by atoms with Crippen LogP contribution < -0.4 is 10.3 Å². The number of benzene rings is 1. The summed E-state index contributed by atoms with van der Waals surface area (Å²) in [5.74, 6) is 1.23. The zero-order valence-corrected chi connectivity index (χ0v) is 18.2. The third kappa shape index (κ3) is 3.73. The first-order valence-electron chi connectivity index (χ1n) is 10.3. The van der Waals surface area contributed by atoms with Gasteiger partial charge >= 0.3 is 0 Å². The molecule has 0 aliphatic carbocycles. The molecule has 0 amide bonds. The second-order valence-electron chi connectivity index (χ2n) is 7.65. The molecule has 4 heterocycles. The summed E-state index contributed by atoms with van der Waals surface area (Å²) >= 11 is 1.55. The minimum atomic E-state index is -0.271. The van der Waals surface area contributed by atoms with Crippen molar-refractivity contribution in [3.8, 4) is 22.8 Å². The Morgan fingerprint density at radius 2 is 2.06 bits per heavy atom. The van der Waals surface area contributed by atoms with E-state index in [9.17, 15) is 4.79 Å². The Bertz CT molecular complexity index is 1310. The third-order valence-corrected chi connectivity index (χ3v) is 6.48. The Morgan fingerprint density at radius 1 is 1.16 bits per heavy atom. The smallest absolute Gasteiger partial charge is 0.272 e. The van der Waals surface area contributed by atoms with E-state index in [1.165, 1.54) is 11.0 Å². The predicted molar refractivity (Wildman–Crippen MR) is 120 cm³/mol. The largest absolute Gasteiger partial charge is 0.437 e. The molecule has 158 valence electrons. The molecule has 4 aromatic rings. The van der Waals surface area contributed by atoms with Gasteiger partial charge in [0, 0.05) is 17.7 Å². The lowest BCUT2D eigenvalue weighted by atomic mass is 9.99. The number of ether oxygens (including phenoxy) is 2. The second-order valence-corrected chi connectivity index (χ2v) is 8.56. The highest BCUT2D eigenvalue weighted by molar-refractivity contribution is 7.17. The van der Waals surface area contributed by atoms with Gasteiger partial charge in [0.25, 0.3) is 5.56 Å². The van der Waals surface area contributed by atoms with Crippen LogP contribution in [0.25, 0.3) is 21.3 Å². The fourth-order valence-electron chi connectivity index (χ4n) is 3.90. The maximum Gasteiger partial charge on any atom is 0.272 e. The van der Waals surface area contributed by atoms with E-state index in [2.05, 4.69) is 15.1 Å². The van der Waals surface area contributed by atoms with E-state index >= 15 is 0 Å². The minimum Gasteiger partial charge on any atom is -0.437 e. The zero-order valence-electron chi connectivity index (χ0n) is 17.4. The minimum absolute atomic E-state index is 0.106. The first kappa shape index (κ1) is 19.8. The van der Waals surface area contributed by atoms with Crippen LogP contribution in [0.2, 0.25) is 0 Å². The molecular formula is C23H22N4O3S. The van der Waals surface area contributed by atoms with Crippen LogP contribution in [0, 0.1) is 13.8 Å². The zero-order chi connectivity index (χ0) is 21.4. The van der Waals surface area contributed by atoms with E-state index < -0.39 is 0 Å². The van der Waals surface area contributed by atoms with Gasteiger partial charge in [-0.1, -0.05) is 6.07 Å². The molecule has 1 aromatic carbocycles. The molecule has 0 saturated carbocycles. The highest BCUT2D eigenvalue weighted by Gasteiger charge is 2.20. The van der Waals surface area contributed by atoms with Gasteiger partial charge in [-0.25, -0.2) is 14.6 Å². The molecule has 1 fully saturated rings. The van der Waals surface area contributed by atoms with Crippen molar-refractivity contribution in [3.05, 3.63) is 63.7 Å². The lowest BCUT2D eigenvalue weighted by Gasteiger charge is -2.24. The van der Waals surface area contributed by atoms with Gasteiger partial charge < -0.3 is 9.47 Å². The predicted octanol–water partition coefficient (Wildman–Crippen LogP) is 5.02. The van der Waals surface area contributed by atoms with Gasteiger partial charge in [-0.3, -0.25) is 4.79 Å². The first-order valence-corrected chi connectivity index (χ1v) is 11.2. The SMILES string of the molecule is Cc1cc(Oc2ncnc3ccsc23)ccc1-c1cnn(C2CCCCO2)c(=O)c1C. The molecule has 0 bridgehead atoms. The van der Waals surface area contributed by atoms with Crippen molar-refractivity contribution in [2.24, 2.45) is 0 Å². The van der Waals surface area contributed by atoms with Crippen LogP contribution in [0.5, 0.6) is 11.6 Å². The Hall–Kier alpha value is -3.10. The summed E-state index contributed by atoms with van der Waals surface area (Å²) < 4.78 is 14.2. The van der Waals surface area contributed by atoms with Gasteiger partial charge in [0.15, 0.2) is 6.23 Å². The molecule has 1 unspecified atom stereocenters. The lowest BCUT2D eigenvalue weighted by molar-refractivity contribution is -0.0425. The van der Waals surface area contributed by atoms with E-state index in [-0.39, 0.29) is 11.8 Å². The van der Waals surface area contributed by atoms with E-state index in [1.807, 2.05) is 43.5 Å². The highest BCUT2D eigenvalue weighted by atomic mass is 32.1. The number of nitrogens with zero attached hydrogens (tertiary/aromatic N) is 4. The number of hydrogen-bond donors (Lipinski definition) is 0. The molecule has 0 N–H and O–H groups in total. The van der Waals surface area contributed by atoms with Gasteiger partial charge in [-0.15, -0.1) is 11.3 Å².